The first-order valence-corrected chi connectivity index (χ1v) is 7.14. The van der Waals surface area contributed by atoms with Crippen molar-refractivity contribution in [1.29, 1.82) is 0 Å². The van der Waals surface area contributed by atoms with Gasteiger partial charge < -0.3 is 19.5 Å². The van der Waals surface area contributed by atoms with Crippen molar-refractivity contribution in [3.8, 4) is 11.5 Å². The molecule has 0 aliphatic carbocycles. The van der Waals surface area contributed by atoms with E-state index in [0.29, 0.717) is 24.5 Å². The van der Waals surface area contributed by atoms with Gasteiger partial charge in [0.25, 0.3) is 0 Å². The Balaban J connectivity index is 2.85. The zero-order chi connectivity index (χ0) is 15.8. The maximum atomic E-state index is 12.4. The van der Waals surface area contributed by atoms with Crippen LogP contribution in [-0.2, 0) is 11.2 Å². The minimum atomic E-state index is 0.0296. The van der Waals surface area contributed by atoms with E-state index in [2.05, 4.69) is 0 Å². The van der Waals surface area contributed by atoms with Gasteiger partial charge in [-0.15, -0.1) is 0 Å². The standard InChI is InChI=1S/C16H25NO4/c1-12(2)17(8-5-9-18)16(19)10-13-6-7-14(20-3)11-15(13)21-4/h6-7,11-12,18H,5,8-10H2,1-4H3. The van der Waals surface area contributed by atoms with Crippen LogP contribution in [0.5, 0.6) is 11.5 Å². The summed E-state index contributed by atoms with van der Waals surface area (Å²) < 4.78 is 10.5. The molecule has 0 radical (unpaired) electrons. The Kier molecular flexibility index (Phi) is 7.02. The predicted molar refractivity (Wildman–Crippen MR) is 81.8 cm³/mol. The van der Waals surface area contributed by atoms with Gasteiger partial charge in [0.1, 0.15) is 11.5 Å². The Morgan fingerprint density at radius 3 is 2.52 bits per heavy atom. The number of rotatable bonds is 8. The maximum Gasteiger partial charge on any atom is 0.227 e. The molecule has 118 valence electrons. The summed E-state index contributed by atoms with van der Waals surface area (Å²) in [7, 11) is 3.17. The first-order chi connectivity index (χ1) is 10.0. The molecule has 1 aromatic rings. The molecule has 0 spiro atoms. The zero-order valence-electron chi connectivity index (χ0n) is 13.3. The third kappa shape index (κ3) is 4.93. The molecule has 1 rings (SSSR count). The molecule has 0 saturated carbocycles. The van der Waals surface area contributed by atoms with Crippen molar-refractivity contribution >= 4 is 5.91 Å². The molecule has 21 heavy (non-hydrogen) atoms. The summed E-state index contributed by atoms with van der Waals surface area (Å²) in [6.07, 6.45) is 0.862. The molecule has 0 saturated heterocycles. The van der Waals surface area contributed by atoms with Crippen molar-refractivity contribution in [2.24, 2.45) is 0 Å². The second kappa shape index (κ2) is 8.52. The minimum absolute atomic E-state index is 0.0296. The van der Waals surface area contributed by atoms with E-state index < -0.39 is 0 Å². The Morgan fingerprint density at radius 2 is 2.00 bits per heavy atom. The normalized spacial score (nSPS) is 10.6. The van der Waals surface area contributed by atoms with Gasteiger partial charge in [-0.25, -0.2) is 0 Å². The number of aliphatic hydroxyl groups excluding tert-OH is 1. The highest BCUT2D eigenvalue weighted by Gasteiger charge is 2.18. The number of amides is 1. The predicted octanol–water partition coefficient (Wildman–Crippen LogP) is 1.87. The lowest BCUT2D eigenvalue weighted by atomic mass is 10.1. The van der Waals surface area contributed by atoms with Crippen LogP contribution in [0.4, 0.5) is 0 Å². The summed E-state index contributed by atoms with van der Waals surface area (Å²) in [6, 6.07) is 5.54. The summed E-state index contributed by atoms with van der Waals surface area (Å²) in [5.41, 5.74) is 0.831. The van der Waals surface area contributed by atoms with Gasteiger partial charge in [-0.2, -0.15) is 0 Å². The van der Waals surface area contributed by atoms with Crippen LogP contribution in [0.25, 0.3) is 0 Å². The van der Waals surface area contributed by atoms with Crippen LogP contribution in [0, 0.1) is 0 Å². The van der Waals surface area contributed by atoms with Crippen molar-refractivity contribution in [3.05, 3.63) is 23.8 Å². The fourth-order valence-electron chi connectivity index (χ4n) is 2.17. The van der Waals surface area contributed by atoms with Gasteiger partial charge in [0.05, 0.1) is 20.6 Å². The molecule has 1 N–H and O–H groups in total. The molecule has 0 atom stereocenters. The number of hydrogen-bond donors (Lipinski definition) is 1. The smallest absolute Gasteiger partial charge is 0.227 e. The lowest BCUT2D eigenvalue weighted by Crippen LogP contribution is -2.39. The van der Waals surface area contributed by atoms with E-state index in [1.54, 1.807) is 25.2 Å². The molecule has 0 aromatic heterocycles. The number of hydrogen-bond acceptors (Lipinski definition) is 4. The van der Waals surface area contributed by atoms with E-state index in [9.17, 15) is 4.79 Å². The largest absolute Gasteiger partial charge is 0.497 e. The molecular weight excluding hydrogens is 270 g/mol. The average molecular weight is 295 g/mol. The van der Waals surface area contributed by atoms with E-state index in [-0.39, 0.29) is 25.0 Å². The molecule has 5 nitrogen and oxygen atoms in total. The first-order valence-electron chi connectivity index (χ1n) is 7.14. The molecular formula is C16H25NO4. The van der Waals surface area contributed by atoms with Crippen LogP contribution < -0.4 is 9.47 Å². The maximum absolute atomic E-state index is 12.4. The summed E-state index contributed by atoms with van der Waals surface area (Å²) in [5, 5.41) is 8.94. The molecule has 1 aromatic carbocycles. The van der Waals surface area contributed by atoms with Crippen molar-refractivity contribution in [2.75, 3.05) is 27.4 Å². The monoisotopic (exact) mass is 295 g/mol. The summed E-state index contributed by atoms with van der Waals surface area (Å²) in [6.45, 7) is 4.59. The molecule has 0 fully saturated rings. The van der Waals surface area contributed by atoms with Gasteiger partial charge in [0.15, 0.2) is 0 Å². The summed E-state index contributed by atoms with van der Waals surface area (Å²) >= 11 is 0. The SMILES string of the molecule is COc1ccc(CC(=O)N(CCCO)C(C)C)c(OC)c1. The molecule has 5 heteroatoms. The number of carbonyl (C=O) groups excluding carboxylic acids is 1. The van der Waals surface area contributed by atoms with E-state index in [0.717, 1.165) is 5.56 Å². The van der Waals surface area contributed by atoms with E-state index in [1.807, 2.05) is 26.0 Å². The first kappa shape index (κ1) is 17.3. The molecule has 0 unspecified atom stereocenters. The zero-order valence-corrected chi connectivity index (χ0v) is 13.3. The Morgan fingerprint density at radius 1 is 1.29 bits per heavy atom. The molecule has 0 aliphatic rings. The highest BCUT2D eigenvalue weighted by molar-refractivity contribution is 5.80. The quantitative estimate of drug-likeness (QED) is 0.795. The van der Waals surface area contributed by atoms with Gasteiger partial charge in [0.2, 0.25) is 5.91 Å². The Bertz CT molecular complexity index is 460. The van der Waals surface area contributed by atoms with Crippen molar-refractivity contribution in [1.82, 2.24) is 4.90 Å². The molecule has 0 bridgehead atoms. The van der Waals surface area contributed by atoms with Gasteiger partial charge in [-0.1, -0.05) is 6.07 Å². The van der Waals surface area contributed by atoms with Crippen LogP contribution in [0.1, 0.15) is 25.8 Å². The fraction of sp³-hybridized carbons (Fsp3) is 0.562. The van der Waals surface area contributed by atoms with Crippen molar-refractivity contribution in [3.63, 3.8) is 0 Å². The molecule has 1 amide bonds. The van der Waals surface area contributed by atoms with Crippen LogP contribution >= 0.6 is 0 Å². The molecule has 0 aliphatic heterocycles. The minimum Gasteiger partial charge on any atom is -0.497 e. The van der Waals surface area contributed by atoms with Gasteiger partial charge in [-0.3, -0.25) is 4.79 Å². The number of benzene rings is 1. The third-order valence-corrected chi connectivity index (χ3v) is 3.34. The van der Waals surface area contributed by atoms with E-state index >= 15 is 0 Å². The second-order valence-corrected chi connectivity index (χ2v) is 5.11. The van der Waals surface area contributed by atoms with Gasteiger partial charge >= 0.3 is 0 Å². The topological polar surface area (TPSA) is 59.0 Å². The van der Waals surface area contributed by atoms with Gasteiger partial charge in [0, 0.05) is 30.8 Å². The van der Waals surface area contributed by atoms with Crippen molar-refractivity contribution < 1.29 is 19.4 Å². The number of methoxy groups -OCH3 is 2. The average Bonchev–Trinajstić information content (AvgIpc) is 2.47. The lowest BCUT2D eigenvalue weighted by molar-refractivity contribution is -0.132. The Labute approximate surface area is 126 Å². The van der Waals surface area contributed by atoms with Crippen molar-refractivity contribution in [2.45, 2.75) is 32.7 Å². The molecule has 0 heterocycles. The van der Waals surface area contributed by atoms with Crippen LogP contribution in [0.2, 0.25) is 0 Å². The Hall–Kier alpha value is -1.75. The fourth-order valence-corrected chi connectivity index (χ4v) is 2.17. The van der Waals surface area contributed by atoms with E-state index in [4.69, 9.17) is 14.6 Å². The number of carbonyl (C=O) groups is 1. The summed E-state index contributed by atoms with van der Waals surface area (Å²) in [5.74, 6) is 1.37. The summed E-state index contributed by atoms with van der Waals surface area (Å²) in [4.78, 5) is 14.2. The number of ether oxygens (including phenoxy) is 2. The highest BCUT2D eigenvalue weighted by Crippen LogP contribution is 2.25. The van der Waals surface area contributed by atoms with Gasteiger partial charge in [-0.05, 0) is 26.3 Å². The van der Waals surface area contributed by atoms with E-state index in [1.165, 1.54) is 0 Å². The number of aliphatic hydroxyl groups is 1. The van der Waals surface area contributed by atoms with Crippen LogP contribution in [0.3, 0.4) is 0 Å². The third-order valence-electron chi connectivity index (χ3n) is 3.34. The van der Waals surface area contributed by atoms with Crippen LogP contribution in [0.15, 0.2) is 18.2 Å². The second-order valence-electron chi connectivity index (χ2n) is 5.11. The number of nitrogens with zero attached hydrogens (tertiary/aromatic N) is 1. The lowest BCUT2D eigenvalue weighted by Gasteiger charge is -2.27. The van der Waals surface area contributed by atoms with Crippen LogP contribution in [-0.4, -0.2) is 49.3 Å². The highest BCUT2D eigenvalue weighted by atomic mass is 16.5.